The molecule has 0 saturated carbocycles. The quantitative estimate of drug-likeness (QED) is 0.532. The molecule has 0 atom stereocenters. The molecule has 0 saturated heterocycles. The summed E-state index contributed by atoms with van der Waals surface area (Å²) >= 11 is 0. The van der Waals surface area contributed by atoms with E-state index in [-0.39, 0.29) is 22.8 Å². The van der Waals surface area contributed by atoms with Gasteiger partial charge >= 0.3 is 0 Å². The third kappa shape index (κ3) is 1.68. The van der Waals surface area contributed by atoms with Crippen LogP contribution in [-0.4, -0.2) is 15.3 Å². The summed E-state index contributed by atoms with van der Waals surface area (Å²) < 4.78 is 0. The number of aromatic hydroxyl groups is 3. The third-order valence-corrected chi connectivity index (χ3v) is 3.39. The maximum Gasteiger partial charge on any atom is 0.169 e. The van der Waals surface area contributed by atoms with Crippen LogP contribution in [0.1, 0.15) is 16.7 Å². The minimum atomic E-state index is -0.273. The summed E-state index contributed by atoms with van der Waals surface area (Å²) in [6, 6.07) is 7.40. The lowest BCUT2D eigenvalue weighted by Gasteiger charge is -2.16. The molecule has 0 heterocycles. The SMILES string of the molecule is Cc1ccccc1-c1c(O)c(C)c(C)c(O)c1O. The van der Waals surface area contributed by atoms with Crippen LogP contribution < -0.4 is 0 Å². The number of aryl methyl sites for hydroxylation is 1. The third-order valence-electron chi connectivity index (χ3n) is 3.39. The Morgan fingerprint density at radius 1 is 0.722 bits per heavy atom. The van der Waals surface area contributed by atoms with Crippen molar-refractivity contribution in [1.82, 2.24) is 0 Å². The summed E-state index contributed by atoms with van der Waals surface area (Å²) in [5.74, 6) is -0.439. The second-order valence-electron chi connectivity index (χ2n) is 4.49. The van der Waals surface area contributed by atoms with Gasteiger partial charge in [-0.05, 0) is 37.5 Å². The van der Waals surface area contributed by atoms with E-state index in [1.54, 1.807) is 19.9 Å². The molecule has 0 spiro atoms. The minimum Gasteiger partial charge on any atom is -0.507 e. The minimum absolute atomic E-state index is 0.0112. The summed E-state index contributed by atoms with van der Waals surface area (Å²) in [7, 11) is 0. The van der Waals surface area contributed by atoms with Crippen molar-refractivity contribution in [2.75, 3.05) is 0 Å². The average molecular weight is 244 g/mol. The first-order valence-electron chi connectivity index (χ1n) is 5.75. The van der Waals surface area contributed by atoms with Gasteiger partial charge in [-0.2, -0.15) is 0 Å². The largest absolute Gasteiger partial charge is 0.507 e. The molecule has 0 amide bonds. The highest BCUT2D eigenvalue weighted by Gasteiger charge is 2.20. The van der Waals surface area contributed by atoms with Gasteiger partial charge in [0.2, 0.25) is 0 Å². The first-order valence-corrected chi connectivity index (χ1v) is 5.75. The van der Waals surface area contributed by atoms with Crippen molar-refractivity contribution in [1.29, 1.82) is 0 Å². The van der Waals surface area contributed by atoms with Gasteiger partial charge in [0.15, 0.2) is 11.5 Å². The summed E-state index contributed by atoms with van der Waals surface area (Å²) in [6.07, 6.45) is 0. The van der Waals surface area contributed by atoms with Crippen molar-refractivity contribution in [2.24, 2.45) is 0 Å². The van der Waals surface area contributed by atoms with Gasteiger partial charge in [-0.25, -0.2) is 0 Å². The molecule has 3 N–H and O–H groups in total. The predicted octanol–water partition coefficient (Wildman–Crippen LogP) is 3.40. The van der Waals surface area contributed by atoms with Crippen LogP contribution in [0.5, 0.6) is 17.2 Å². The molecule has 94 valence electrons. The van der Waals surface area contributed by atoms with Crippen molar-refractivity contribution in [3.8, 4) is 28.4 Å². The number of phenols is 3. The van der Waals surface area contributed by atoms with Gasteiger partial charge in [0, 0.05) is 5.56 Å². The molecule has 2 aromatic rings. The molecule has 2 rings (SSSR count). The zero-order chi connectivity index (χ0) is 13.4. The van der Waals surface area contributed by atoms with E-state index in [2.05, 4.69) is 0 Å². The van der Waals surface area contributed by atoms with Crippen molar-refractivity contribution >= 4 is 0 Å². The molecule has 18 heavy (non-hydrogen) atoms. The highest BCUT2D eigenvalue weighted by atomic mass is 16.3. The van der Waals surface area contributed by atoms with E-state index in [1.165, 1.54) is 0 Å². The second kappa shape index (κ2) is 4.26. The van der Waals surface area contributed by atoms with Crippen molar-refractivity contribution in [3.05, 3.63) is 41.0 Å². The Labute approximate surface area is 106 Å². The Hall–Kier alpha value is -2.16. The number of phenolic OH excluding ortho intramolecular Hbond substituents is 3. The first-order chi connectivity index (χ1) is 8.45. The van der Waals surface area contributed by atoms with Gasteiger partial charge in [-0.1, -0.05) is 24.3 Å². The van der Waals surface area contributed by atoms with Crippen LogP contribution in [0.15, 0.2) is 24.3 Å². The lowest BCUT2D eigenvalue weighted by atomic mass is 9.94. The monoisotopic (exact) mass is 244 g/mol. The predicted molar refractivity (Wildman–Crippen MR) is 71.1 cm³/mol. The zero-order valence-electron chi connectivity index (χ0n) is 10.7. The van der Waals surface area contributed by atoms with Crippen LogP contribution >= 0.6 is 0 Å². The molecule has 0 fully saturated rings. The van der Waals surface area contributed by atoms with Crippen LogP contribution in [-0.2, 0) is 0 Å². The van der Waals surface area contributed by atoms with Crippen molar-refractivity contribution < 1.29 is 15.3 Å². The Balaban J connectivity index is 2.85. The van der Waals surface area contributed by atoms with E-state index in [9.17, 15) is 15.3 Å². The van der Waals surface area contributed by atoms with E-state index in [0.29, 0.717) is 16.7 Å². The van der Waals surface area contributed by atoms with Gasteiger partial charge in [0.1, 0.15) is 5.75 Å². The molecule has 0 radical (unpaired) electrons. The fourth-order valence-electron chi connectivity index (χ4n) is 2.06. The normalized spacial score (nSPS) is 10.6. The van der Waals surface area contributed by atoms with E-state index in [1.807, 2.05) is 25.1 Å². The lowest BCUT2D eigenvalue weighted by molar-refractivity contribution is 0.394. The van der Waals surface area contributed by atoms with Crippen LogP contribution in [0, 0.1) is 20.8 Å². The van der Waals surface area contributed by atoms with Gasteiger partial charge in [-0.15, -0.1) is 0 Å². The molecule has 3 nitrogen and oxygen atoms in total. The number of rotatable bonds is 1. The fourth-order valence-corrected chi connectivity index (χ4v) is 2.06. The lowest BCUT2D eigenvalue weighted by Crippen LogP contribution is -1.91. The second-order valence-corrected chi connectivity index (χ2v) is 4.49. The first kappa shape index (κ1) is 12.3. The Morgan fingerprint density at radius 2 is 1.28 bits per heavy atom. The number of benzene rings is 2. The molecule has 0 bridgehead atoms. The van der Waals surface area contributed by atoms with Crippen LogP contribution in [0.4, 0.5) is 0 Å². The van der Waals surface area contributed by atoms with Gasteiger partial charge in [0.05, 0.1) is 5.56 Å². The van der Waals surface area contributed by atoms with Gasteiger partial charge < -0.3 is 15.3 Å². The van der Waals surface area contributed by atoms with Gasteiger partial charge in [0.25, 0.3) is 0 Å². The number of hydrogen-bond donors (Lipinski definition) is 3. The van der Waals surface area contributed by atoms with E-state index in [0.717, 1.165) is 5.56 Å². The van der Waals surface area contributed by atoms with Crippen LogP contribution in [0.3, 0.4) is 0 Å². The average Bonchev–Trinajstić information content (AvgIpc) is 2.36. The highest BCUT2D eigenvalue weighted by molar-refractivity contribution is 5.83. The zero-order valence-corrected chi connectivity index (χ0v) is 10.7. The summed E-state index contributed by atoms with van der Waals surface area (Å²) in [5, 5.41) is 30.1. The topological polar surface area (TPSA) is 60.7 Å². The van der Waals surface area contributed by atoms with Crippen LogP contribution in [0.25, 0.3) is 11.1 Å². The molecule has 0 unspecified atom stereocenters. The van der Waals surface area contributed by atoms with Crippen LogP contribution in [0.2, 0.25) is 0 Å². The van der Waals surface area contributed by atoms with Crippen molar-refractivity contribution in [3.63, 3.8) is 0 Å². The Morgan fingerprint density at radius 3 is 1.89 bits per heavy atom. The Kier molecular flexibility index (Phi) is 2.91. The fraction of sp³-hybridized carbons (Fsp3) is 0.200. The smallest absolute Gasteiger partial charge is 0.169 e. The highest BCUT2D eigenvalue weighted by Crippen LogP contribution is 2.47. The molecule has 3 heteroatoms. The van der Waals surface area contributed by atoms with Crippen molar-refractivity contribution in [2.45, 2.75) is 20.8 Å². The molecular formula is C15H16O3. The van der Waals surface area contributed by atoms with E-state index < -0.39 is 0 Å². The number of hydrogen-bond acceptors (Lipinski definition) is 3. The van der Waals surface area contributed by atoms with E-state index in [4.69, 9.17) is 0 Å². The maximum atomic E-state index is 10.2. The molecule has 0 aliphatic carbocycles. The molecule has 0 aliphatic heterocycles. The molecular weight excluding hydrogens is 228 g/mol. The summed E-state index contributed by atoms with van der Waals surface area (Å²) in [5.41, 5.74) is 2.98. The molecule has 0 aromatic heterocycles. The van der Waals surface area contributed by atoms with E-state index >= 15 is 0 Å². The van der Waals surface area contributed by atoms with Gasteiger partial charge in [-0.3, -0.25) is 0 Å². The molecule has 2 aromatic carbocycles. The Bertz CT molecular complexity index is 586. The summed E-state index contributed by atoms with van der Waals surface area (Å²) in [6.45, 7) is 5.26. The maximum absolute atomic E-state index is 10.2. The summed E-state index contributed by atoms with van der Waals surface area (Å²) in [4.78, 5) is 0. The molecule has 0 aliphatic rings. The standard InChI is InChI=1S/C15H16O3/c1-8-6-4-5-7-11(8)12-13(16)9(2)10(3)14(17)15(12)18/h4-7,16-18H,1-3H3.